The van der Waals surface area contributed by atoms with Crippen molar-refractivity contribution in [3.8, 4) is 0 Å². The van der Waals surface area contributed by atoms with Gasteiger partial charge in [0.25, 0.3) is 0 Å². The number of ether oxygens (including phenoxy) is 1. The maximum atomic E-state index is 5.60. The van der Waals surface area contributed by atoms with Gasteiger partial charge in [-0.05, 0) is 54.0 Å². The molecular weight excluding hydrogens is 220 g/mol. The monoisotopic (exact) mass is 240 g/mol. The second-order valence-electron chi connectivity index (χ2n) is 4.50. The van der Waals surface area contributed by atoms with Crippen LogP contribution < -0.4 is 11.3 Å². The highest BCUT2D eigenvalue weighted by Gasteiger charge is 2.19. The molecule has 0 aromatic carbocycles. The molecule has 90 valence electrons. The number of aryl methyl sites for hydroxylation is 1. The minimum Gasteiger partial charge on any atom is -0.381 e. The first kappa shape index (κ1) is 12.0. The highest BCUT2D eigenvalue weighted by Crippen LogP contribution is 2.20. The van der Waals surface area contributed by atoms with Crippen molar-refractivity contribution < 1.29 is 4.74 Å². The number of thiophene rings is 1. The Morgan fingerprint density at radius 3 is 3.19 bits per heavy atom. The summed E-state index contributed by atoms with van der Waals surface area (Å²) in [6.45, 7) is 1.84. The van der Waals surface area contributed by atoms with Crippen molar-refractivity contribution in [1.82, 2.24) is 5.43 Å². The molecule has 1 aromatic rings. The summed E-state index contributed by atoms with van der Waals surface area (Å²) in [7, 11) is 0. The van der Waals surface area contributed by atoms with Gasteiger partial charge in [-0.15, -0.1) is 0 Å². The maximum Gasteiger partial charge on any atom is 0.0495 e. The van der Waals surface area contributed by atoms with Gasteiger partial charge in [-0.25, -0.2) is 0 Å². The Kier molecular flexibility index (Phi) is 4.78. The predicted octanol–water partition coefficient (Wildman–Crippen LogP) is 1.94. The molecule has 2 heterocycles. The summed E-state index contributed by atoms with van der Waals surface area (Å²) in [6, 6.07) is 2.61. The lowest BCUT2D eigenvalue weighted by molar-refractivity contribution is 0.181. The van der Waals surface area contributed by atoms with Crippen LogP contribution in [0.1, 0.15) is 24.8 Å². The molecule has 0 radical (unpaired) electrons. The second-order valence-corrected chi connectivity index (χ2v) is 5.28. The molecule has 2 rings (SSSR count). The fourth-order valence-electron chi connectivity index (χ4n) is 2.22. The second kappa shape index (κ2) is 6.35. The van der Waals surface area contributed by atoms with Crippen molar-refractivity contribution in [2.45, 2.75) is 31.7 Å². The molecule has 3 N–H and O–H groups in total. The normalized spacial score (nSPS) is 22.4. The van der Waals surface area contributed by atoms with Crippen LogP contribution in [0.4, 0.5) is 0 Å². The summed E-state index contributed by atoms with van der Waals surface area (Å²) < 4.78 is 5.39. The Morgan fingerprint density at radius 1 is 1.62 bits per heavy atom. The van der Waals surface area contributed by atoms with Crippen LogP contribution in [0.25, 0.3) is 0 Å². The Balaban J connectivity index is 1.72. The van der Waals surface area contributed by atoms with Gasteiger partial charge in [0.2, 0.25) is 0 Å². The number of nitrogens with one attached hydrogen (secondary N) is 1. The van der Waals surface area contributed by atoms with Crippen LogP contribution in [0.2, 0.25) is 0 Å². The van der Waals surface area contributed by atoms with Gasteiger partial charge in [-0.3, -0.25) is 11.3 Å². The molecule has 1 aromatic heterocycles. The average Bonchev–Trinajstić information content (AvgIpc) is 2.97. The molecule has 0 saturated carbocycles. The maximum absolute atomic E-state index is 5.60. The first-order valence-corrected chi connectivity index (χ1v) is 6.87. The van der Waals surface area contributed by atoms with Crippen LogP contribution in [0.15, 0.2) is 16.8 Å². The number of hydrazine groups is 1. The molecule has 2 unspecified atom stereocenters. The van der Waals surface area contributed by atoms with Gasteiger partial charge < -0.3 is 4.74 Å². The summed E-state index contributed by atoms with van der Waals surface area (Å²) >= 11 is 1.76. The van der Waals surface area contributed by atoms with Crippen LogP contribution in [0.3, 0.4) is 0 Å². The first-order valence-electron chi connectivity index (χ1n) is 5.93. The first-order chi connectivity index (χ1) is 7.88. The number of nitrogens with two attached hydrogens (primary N) is 1. The van der Waals surface area contributed by atoms with Crippen LogP contribution in [0.5, 0.6) is 0 Å². The van der Waals surface area contributed by atoms with E-state index in [1.54, 1.807) is 11.3 Å². The van der Waals surface area contributed by atoms with E-state index in [-0.39, 0.29) is 0 Å². The van der Waals surface area contributed by atoms with Gasteiger partial charge in [-0.1, -0.05) is 0 Å². The minimum atomic E-state index is 0.423. The summed E-state index contributed by atoms with van der Waals surface area (Å²) in [5.74, 6) is 6.30. The smallest absolute Gasteiger partial charge is 0.0495 e. The third-order valence-electron chi connectivity index (χ3n) is 3.24. The Labute approximate surface area is 101 Å². The van der Waals surface area contributed by atoms with Gasteiger partial charge >= 0.3 is 0 Å². The summed E-state index contributed by atoms with van der Waals surface area (Å²) in [6.07, 6.45) is 4.56. The molecule has 1 saturated heterocycles. The molecule has 0 aliphatic carbocycles. The zero-order valence-electron chi connectivity index (χ0n) is 9.52. The highest BCUT2D eigenvalue weighted by atomic mass is 32.1. The average molecular weight is 240 g/mol. The van der Waals surface area contributed by atoms with Crippen LogP contribution in [-0.4, -0.2) is 19.3 Å². The lowest BCUT2D eigenvalue weighted by atomic mass is 9.96. The zero-order valence-corrected chi connectivity index (χ0v) is 10.3. The Bertz CT molecular complexity index is 283. The van der Waals surface area contributed by atoms with Crippen LogP contribution in [0, 0.1) is 5.92 Å². The minimum absolute atomic E-state index is 0.423. The molecule has 1 fully saturated rings. The van der Waals surface area contributed by atoms with Crippen LogP contribution >= 0.6 is 11.3 Å². The van der Waals surface area contributed by atoms with Gasteiger partial charge in [0, 0.05) is 19.3 Å². The molecular formula is C12H20N2OS. The van der Waals surface area contributed by atoms with Crippen molar-refractivity contribution >= 4 is 11.3 Å². The van der Waals surface area contributed by atoms with E-state index in [0.717, 1.165) is 32.5 Å². The van der Waals surface area contributed by atoms with E-state index < -0.39 is 0 Å². The van der Waals surface area contributed by atoms with E-state index in [1.165, 1.54) is 12.0 Å². The molecule has 1 aliphatic heterocycles. The highest BCUT2D eigenvalue weighted by molar-refractivity contribution is 7.07. The van der Waals surface area contributed by atoms with E-state index in [4.69, 9.17) is 10.6 Å². The summed E-state index contributed by atoms with van der Waals surface area (Å²) in [4.78, 5) is 0. The van der Waals surface area contributed by atoms with Crippen molar-refractivity contribution in [3.63, 3.8) is 0 Å². The van der Waals surface area contributed by atoms with E-state index >= 15 is 0 Å². The molecule has 2 atom stereocenters. The van der Waals surface area contributed by atoms with E-state index in [0.29, 0.717) is 12.0 Å². The van der Waals surface area contributed by atoms with Gasteiger partial charge in [-0.2, -0.15) is 11.3 Å². The molecule has 16 heavy (non-hydrogen) atoms. The topological polar surface area (TPSA) is 47.3 Å². The van der Waals surface area contributed by atoms with E-state index in [2.05, 4.69) is 22.3 Å². The quantitative estimate of drug-likeness (QED) is 0.590. The third kappa shape index (κ3) is 3.56. The standard InChI is InChI=1S/C12H20N2OS/c13-14-12(7-11-3-5-15-8-11)2-1-10-4-6-16-9-10/h4,6,9,11-12,14H,1-3,5,7-8,13H2. The van der Waals surface area contributed by atoms with Crippen molar-refractivity contribution in [3.05, 3.63) is 22.4 Å². The number of hydrogen-bond acceptors (Lipinski definition) is 4. The summed E-state index contributed by atoms with van der Waals surface area (Å²) in [5.41, 5.74) is 4.36. The molecule has 3 nitrogen and oxygen atoms in total. The SMILES string of the molecule is NNC(CCc1ccsc1)CC1CCOC1. The van der Waals surface area contributed by atoms with E-state index in [1.807, 2.05) is 0 Å². The largest absolute Gasteiger partial charge is 0.381 e. The van der Waals surface area contributed by atoms with Gasteiger partial charge in [0.05, 0.1) is 0 Å². The van der Waals surface area contributed by atoms with Gasteiger partial charge in [0.15, 0.2) is 0 Å². The fraction of sp³-hybridized carbons (Fsp3) is 0.667. The Morgan fingerprint density at radius 2 is 2.56 bits per heavy atom. The third-order valence-corrected chi connectivity index (χ3v) is 3.97. The van der Waals surface area contributed by atoms with Crippen molar-refractivity contribution in [2.24, 2.45) is 11.8 Å². The van der Waals surface area contributed by atoms with Crippen molar-refractivity contribution in [2.75, 3.05) is 13.2 Å². The molecule has 0 spiro atoms. The Hall–Kier alpha value is -0.420. The molecule has 1 aliphatic rings. The molecule has 4 heteroatoms. The zero-order chi connectivity index (χ0) is 11.2. The van der Waals surface area contributed by atoms with Gasteiger partial charge in [0.1, 0.15) is 0 Å². The van der Waals surface area contributed by atoms with Crippen LogP contribution in [-0.2, 0) is 11.2 Å². The predicted molar refractivity (Wildman–Crippen MR) is 67.3 cm³/mol. The molecule has 0 bridgehead atoms. The lowest BCUT2D eigenvalue weighted by Crippen LogP contribution is -2.37. The number of rotatable bonds is 6. The lowest BCUT2D eigenvalue weighted by Gasteiger charge is -2.18. The van der Waals surface area contributed by atoms with Crippen molar-refractivity contribution in [1.29, 1.82) is 0 Å². The van der Waals surface area contributed by atoms with E-state index in [9.17, 15) is 0 Å². The molecule has 0 amide bonds. The fourth-order valence-corrected chi connectivity index (χ4v) is 2.92. The summed E-state index contributed by atoms with van der Waals surface area (Å²) in [5, 5.41) is 4.34. The number of hydrogen-bond donors (Lipinski definition) is 2.